The number of primary amides is 1. The van der Waals surface area contributed by atoms with Crippen LogP contribution in [0.4, 0.5) is 0 Å². The Morgan fingerprint density at radius 1 is 1.22 bits per heavy atom. The minimum Gasteiger partial charge on any atom is -0.369 e. The summed E-state index contributed by atoms with van der Waals surface area (Å²) in [6.45, 7) is 3.54. The number of rotatable bonds is 5. The molecule has 1 amide bonds. The molecule has 10 radical (unpaired) electrons. The molecule has 18 heavy (non-hydrogen) atoms. The standard InChI is InChI=1S/C5H10N4O.B8/c1-3(2)4(5(6)10)8-9-7;1-6(2)8(5)7(3)4/h3-4H,1-2H3,(H2,6,10);/t4-;/m0./s1. The first-order valence-electron chi connectivity index (χ1n) is 5.26. The Kier molecular flexibility index (Phi) is 11.2. The van der Waals surface area contributed by atoms with Gasteiger partial charge in [-0.15, -0.1) is 0 Å². The number of carbonyl (C=O) groups excluding carboxylic acids is 1. The van der Waals surface area contributed by atoms with Crippen LogP contribution < -0.4 is 5.73 Å². The van der Waals surface area contributed by atoms with E-state index in [0.717, 1.165) is 0 Å². The summed E-state index contributed by atoms with van der Waals surface area (Å²) in [5.41, 5.74) is 12.9. The SMILES string of the molecule is CC(C)[C@H](N=[N+]=[N-])C(N)=O.[B]B([B])B([B])B([B])[B]. The topological polar surface area (TPSA) is 91.8 Å². The van der Waals surface area contributed by atoms with Crippen molar-refractivity contribution in [2.24, 2.45) is 16.8 Å². The summed E-state index contributed by atoms with van der Waals surface area (Å²) >= 11 is 0. The number of nitrogens with zero attached hydrogens (tertiary/aromatic N) is 3. The van der Waals surface area contributed by atoms with E-state index in [1.165, 1.54) is 0 Å². The zero-order chi connectivity index (χ0) is 14.9. The van der Waals surface area contributed by atoms with Gasteiger partial charge in [-0.2, -0.15) is 0 Å². The number of hydrogen-bond donors (Lipinski definition) is 1. The number of hydrogen-bond acceptors (Lipinski definition) is 2. The largest absolute Gasteiger partial charge is 0.369 e. The van der Waals surface area contributed by atoms with Gasteiger partial charge >= 0.3 is 0 Å². The summed E-state index contributed by atoms with van der Waals surface area (Å²) in [6, 6.07) is -0.718. The van der Waals surface area contributed by atoms with Crippen LogP contribution in [-0.4, -0.2) is 69.8 Å². The third kappa shape index (κ3) is 9.34. The smallest absolute Gasteiger partial charge is 0.226 e. The molecule has 13 heteroatoms. The summed E-state index contributed by atoms with van der Waals surface area (Å²) in [5, 5.41) is 3.23. The molecule has 0 aliphatic rings. The minimum atomic E-state index is -0.718. The lowest BCUT2D eigenvalue weighted by atomic mass is 8.68. The summed E-state index contributed by atoms with van der Waals surface area (Å²) < 4.78 is 0. The molecule has 0 aromatic rings. The van der Waals surface area contributed by atoms with Crippen molar-refractivity contribution in [3.05, 3.63) is 10.4 Å². The lowest BCUT2D eigenvalue weighted by Crippen LogP contribution is -2.52. The van der Waals surface area contributed by atoms with Gasteiger partial charge < -0.3 is 5.73 Å². The van der Waals surface area contributed by atoms with Crippen LogP contribution in [0.5, 0.6) is 0 Å². The van der Waals surface area contributed by atoms with E-state index in [1.54, 1.807) is 13.8 Å². The fraction of sp³-hybridized carbons (Fsp3) is 0.800. The van der Waals surface area contributed by atoms with Crippen LogP contribution in [0.1, 0.15) is 13.8 Å². The predicted octanol–water partition coefficient (Wildman–Crippen LogP) is -2.24. The van der Waals surface area contributed by atoms with E-state index < -0.39 is 31.1 Å². The molecule has 1 atom stereocenters. The van der Waals surface area contributed by atoms with Crippen LogP contribution in [0, 0.1) is 5.92 Å². The molecule has 0 unspecified atom stereocenters. The Morgan fingerprint density at radius 2 is 1.61 bits per heavy atom. The first kappa shape index (κ1) is 19.6. The van der Waals surface area contributed by atoms with Gasteiger partial charge in [0, 0.05) is 62.8 Å². The Bertz CT molecular complexity index is 283. The molecular weight excluding hydrogens is 219 g/mol. The molecule has 80 valence electrons. The average Bonchev–Trinajstić information content (AvgIpc) is 2.24. The summed E-state index contributed by atoms with van der Waals surface area (Å²) in [4.78, 5) is 13.0. The molecule has 0 heterocycles. The fourth-order valence-corrected chi connectivity index (χ4v) is 0.831. The predicted molar refractivity (Wildman–Crippen MR) is 83.0 cm³/mol. The average molecular weight is 229 g/mol. The molecule has 0 aromatic heterocycles. The van der Waals surface area contributed by atoms with Crippen molar-refractivity contribution in [3.63, 3.8) is 0 Å². The molecule has 0 aliphatic heterocycles. The molecule has 0 spiro atoms. The van der Waals surface area contributed by atoms with E-state index >= 15 is 0 Å². The molecular formula is C5H10B8N4O. The summed E-state index contributed by atoms with van der Waals surface area (Å²) in [5.74, 6) is -0.610. The van der Waals surface area contributed by atoms with Gasteiger partial charge in [-0.05, 0) is 11.4 Å². The van der Waals surface area contributed by atoms with Gasteiger partial charge in [0.25, 0.3) is 0 Å². The highest BCUT2D eigenvalue weighted by Gasteiger charge is 2.16. The summed E-state index contributed by atoms with van der Waals surface area (Å²) in [6.07, 6.45) is -1.78. The number of amides is 1. The molecule has 0 bridgehead atoms. The maximum Gasteiger partial charge on any atom is 0.226 e. The van der Waals surface area contributed by atoms with Crippen molar-refractivity contribution >= 4 is 63.7 Å². The van der Waals surface area contributed by atoms with Crippen LogP contribution in [0.15, 0.2) is 5.11 Å². The van der Waals surface area contributed by atoms with E-state index in [9.17, 15) is 4.79 Å². The highest BCUT2D eigenvalue weighted by Crippen LogP contribution is 2.04. The molecule has 0 saturated carbocycles. The van der Waals surface area contributed by atoms with Gasteiger partial charge in [0.1, 0.15) is 6.04 Å². The van der Waals surface area contributed by atoms with Crippen molar-refractivity contribution in [1.29, 1.82) is 0 Å². The quantitative estimate of drug-likeness (QED) is 0.245. The van der Waals surface area contributed by atoms with E-state index in [2.05, 4.69) is 10.0 Å². The second-order valence-electron chi connectivity index (χ2n) is 4.03. The Hall–Kier alpha value is -0.701. The van der Waals surface area contributed by atoms with Crippen LogP contribution >= 0.6 is 0 Å². The van der Waals surface area contributed by atoms with Gasteiger partial charge in [0.05, 0.1) is 0 Å². The van der Waals surface area contributed by atoms with Crippen molar-refractivity contribution in [2.75, 3.05) is 0 Å². The summed E-state index contributed by atoms with van der Waals surface area (Å²) in [7, 11) is 25.8. The van der Waals surface area contributed by atoms with Crippen molar-refractivity contribution in [2.45, 2.75) is 19.9 Å². The van der Waals surface area contributed by atoms with E-state index in [1.807, 2.05) is 0 Å². The lowest BCUT2D eigenvalue weighted by molar-refractivity contribution is -0.120. The molecule has 0 fully saturated rings. The minimum absolute atomic E-state index is 0.0339. The third-order valence-electron chi connectivity index (χ3n) is 1.99. The third-order valence-corrected chi connectivity index (χ3v) is 1.99. The molecule has 0 aliphatic carbocycles. The first-order valence-corrected chi connectivity index (χ1v) is 5.26. The van der Waals surface area contributed by atoms with Gasteiger partial charge in [-0.25, -0.2) is 0 Å². The maximum atomic E-state index is 10.5. The Balaban J connectivity index is 0. The maximum absolute atomic E-state index is 10.5. The van der Waals surface area contributed by atoms with Gasteiger partial charge in [0.15, 0.2) is 0 Å². The highest BCUT2D eigenvalue weighted by atomic mass is 16.1. The van der Waals surface area contributed by atoms with Gasteiger partial charge in [-0.1, -0.05) is 19.0 Å². The molecule has 0 rings (SSSR count). The number of azide groups is 1. The van der Waals surface area contributed by atoms with E-state index in [0.29, 0.717) is 0 Å². The van der Waals surface area contributed by atoms with Crippen LogP contribution in [0.25, 0.3) is 10.4 Å². The second-order valence-corrected chi connectivity index (χ2v) is 4.03. The number of carbonyl (C=O) groups is 1. The monoisotopic (exact) mass is 230 g/mol. The normalized spacial score (nSPS) is 10.4. The van der Waals surface area contributed by atoms with Crippen molar-refractivity contribution in [1.82, 2.24) is 0 Å². The van der Waals surface area contributed by atoms with Crippen LogP contribution in [0.2, 0.25) is 0 Å². The van der Waals surface area contributed by atoms with E-state index in [-0.39, 0.29) is 5.92 Å². The van der Waals surface area contributed by atoms with E-state index in [4.69, 9.17) is 50.0 Å². The fourth-order valence-electron chi connectivity index (χ4n) is 0.831. The van der Waals surface area contributed by atoms with Crippen LogP contribution in [0.3, 0.4) is 0 Å². The zero-order valence-electron chi connectivity index (χ0n) is 10.6. The molecule has 5 nitrogen and oxygen atoms in total. The second kappa shape index (κ2) is 10.2. The van der Waals surface area contributed by atoms with Gasteiger partial charge in [0.2, 0.25) is 5.91 Å². The van der Waals surface area contributed by atoms with Crippen LogP contribution in [-0.2, 0) is 4.79 Å². The van der Waals surface area contributed by atoms with Crippen molar-refractivity contribution in [3.8, 4) is 0 Å². The molecule has 2 N–H and O–H groups in total. The highest BCUT2D eigenvalue weighted by molar-refractivity contribution is 7.89. The van der Waals surface area contributed by atoms with Gasteiger partial charge in [-0.3, -0.25) is 4.79 Å². The molecule has 0 saturated heterocycles. The Morgan fingerprint density at radius 3 is 1.67 bits per heavy atom. The van der Waals surface area contributed by atoms with Crippen molar-refractivity contribution < 1.29 is 4.79 Å². The Labute approximate surface area is 116 Å². The first-order chi connectivity index (χ1) is 8.14. The lowest BCUT2D eigenvalue weighted by Gasteiger charge is -2.13. The number of nitrogens with two attached hydrogens (primary N) is 1. The zero-order valence-corrected chi connectivity index (χ0v) is 10.6. The molecule has 0 aromatic carbocycles.